The summed E-state index contributed by atoms with van der Waals surface area (Å²) in [5.74, 6) is -2.41. The van der Waals surface area contributed by atoms with Crippen molar-refractivity contribution in [3.8, 4) is 16.9 Å². The molecule has 1 N–H and O–H groups in total. The van der Waals surface area contributed by atoms with Crippen LogP contribution in [0.3, 0.4) is 0 Å². The van der Waals surface area contributed by atoms with Gasteiger partial charge in [-0.25, -0.2) is 9.18 Å². The van der Waals surface area contributed by atoms with Crippen molar-refractivity contribution in [1.82, 2.24) is 0 Å². The summed E-state index contributed by atoms with van der Waals surface area (Å²) in [5, 5.41) is 8.64. The highest BCUT2D eigenvalue weighted by atomic mass is 19.4. The van der Waals surface area contributed by atoms with E-state index in [9.17, 15) is 22.4 Å². The van der Waals surface area contributed by atoms with Gasteiger partial charge in [0, 0.05) is 11.6 Å². The fourth-order valence-corrected chi connectivity index (χ4v) is 1.97. The second-order valence-electron chi connectivity index (χ2n) is 4.45. The fraction of sp³-hybridized carbons (Fsp3) is 0.0625. The Hall–Kier alpha value is -2.83. The number of ether oxygens (including phenoxy) is 1. The molecule has 0 bridgehead atoms. The van der Waals surface area contributed by atoms with Gasteiger partial charge in [0.25, 0.3) is 0 Å². The maximum atomic E-state index is 13.9. The van der Waals surface area contributed by atoms with Crippen LogP contribution in [-0.2, 0) is 4.79 Å². The first-order valence-corrected chi connectivity index (χ1v) is 6.32. The summed E-state index contributed by atoms with van der Waals surface area (Å²) in [4.78, 5) is 10.6. The molecule has 0 heterocycles. The molecule has 0 unspecified atom stereocenters. The van der Waals surface area contributed by atoms with Gasteiger partial charge >= 0.3 is 12.3 Å². The molecule has 2 aromatic carbocycles. The number of rotatable bonds is 4. The van der Waals surface area contributed by atoms with Gasteiger partial charge in [-0.1, -0.05) is 24.3 Å². The lowest BCUT2D eigenvalue weighted by Crippen LogP contribution is -2.17. The normalized spacial score (nSPS) is 11.7. The third-order valence-corrected chi connectivity index (χ3v) is 2.82. The second kappa shape index (κ2) is 6.51. The van der Waals surface area contributed by atoms with Crippen LogP contribution in [-0.4, -0.2) is 17.4 Å². The van der Waals surface area contributed by atoms with Crippen LogP contribution in [0, 0.1) is 5.82 Å². The quantitative estimate of drug-likeness (QED) is 0.665. The molecule has 0 fully saturated rings. The largest absolute Gasteiger partial charge is 0.573 e. The maximum Gasteiger partial charge on any atom is 0.573 e. The van der Waals surface area contributed by atoms with Crippen LogP contribution < -0.4 is 4.74 Å². The summed E-state index contributed by atoms with van der Waals surface area (Å²) in [6, 6.07) is 8.98. The van der Waals surface area contributed by atoms with E-state index < -0.39 is 23.9 Å². The van der Waals surface area contributed by atoms with Crippen molar-refractivity contribution in [2.45, 2.75) is 6.36 Å². The van der Waals surface area contributed by atoms with Gasteiger partial charge in [0.15, 0.2) is 0 Å². The zero-order chi connectivity index (χ0) is 17.0. The van der Waals surface area contributed by atoms with Crippen molar-refractivity contribution in [2.75, 3.05) is 0 Å². The lowest BCUT2D eigenvalue weighted by Gasteiger charge is -2.12. The SMILES string of the molecule is O=C(O)/C=C/c1c(F)cccc1-c1cccc(OC(F)(F)F)c1. The highest BCUT2D eigenvalue weighted by Gasteiger charge is 2.31. The zero-order valence-corrected chi connectivity index (χ0v) is 11.5. The number of benzene rings is 2. The van der Waals surface area contributed by atoms with Crippen LogP contribution in [0.2, 0.25) is 0 Å². The average Bonchev–Trinajstić information content (AvgIpc) is 2.44. The van der Waals surface area contributed by atoms with Gasteiger partial charge in [-0.15, -0.1) is 13.2 Å². The molecule has 0 spiro atoms. The van der Waals surface area contributed by atoms with Crippen LogP contribution >= 0.6 is 0 Å². The lowest BCUT2D eigenvalue weighted by molar-refractivity contribution is -0.274. The molecule has 2 aromatic rings. The molecule has 0 aliphatic carbocycles. The summed E-state index contributed by atoms with van der Waals surface area (Å²) >= 11 is 0. The first-order chi connectivity index (χ1) is 10.8. The Kier molecular flexibility index (Phi) is 4.68. The minimum atomic E-state index is -4.84. The number of halogens is 4. The van der Waals surface area contributed by atoms with Gasteiger partial charge in [0.05, 0.1) is 0 Å². The molecule has 0 aliphatic rings. The van der Waals surface area contributed by atoms with Crippen molar-refractivity contribution in [3.63, 3.8) is 0 Å². The number of alkyl halides is 3. The molecule has 23 heavy (non-hydrogen) atoms. The van der Waals surface area contributed by atoms with Crippen molar-refractivity contribution in [2.24, 2.45) is 0 Å². The zero-order valence-electron chi connectivity index (χ0n) is 11.5. The predicted octanol–water partition coefficient (Wildman–Crippen LogP) is 4.49. The summed E-state index contributed by atoms with van der Waals surface area (Å²) in [7, 11) is 0. The van der Waals surface area contributed by atoms with E-state index in [0.29, 0.717) is 0 Å². The van der Waals surface area contributed by atoms with E-state index in [-0.39, 0.29) is 16.7 Å². The monoisotopic (exact) mass is 326 g/mol. The number of hydrogen-bond acceptors (Lipinski definition) is 2. The Balaban J connectivity index is 2.48. The summed E-state index contributed by atoms with van der Waals surface area (Å²) in [6.45, 7) is 0. The van der Waals surface area contributed by atoms with Crippen LogP contribution in [0.25, 0.3) is 17.2 Å². The van der Waals surface area contributed by atoms with Crippen molar-refractivity contribution in [3.05, 3.63) is 59.9 Å². The number of hydrogen-bond donors (Lipinski definition) is 1. The van der Waals surface area contributed by atoms with Crippen LogP contribution in [0.5, 0.6) is 5.75 Å². The van der Waals surface area contributed by atoms with E-state index >= 15 is 0 Å². The molecule has 0 aromatic heterocycles. The van der Waals surface area contributed by atoms with E-state index in [1.807, 2.05) is 0 Å². The van der Waals surface area contributed by atoms with E-state index in [1.165, 1.54) is 24.3 Å². The fourth-order valence-electron chi connectivity index (χ4n) is 1.97. The lowest BCUT2D eigenvalue weighted by atomic mass is 9.98. The maximum absolute atomic E-state index is 13.9. The third-order valence-electron chi connectivity index (χ3n) is 2.82. The van der Waals surface area contributed by atoms with E-state index in [1.54, 1.807) is 0 Å². The molecule has 0 radical (unpaired) electrons. The second-order valence-corrected chi connectivity index (χ2v) is 4.45. The Bertz CT molecular complexity index is 751. The number of carbonyl (C=O) groups is 1. The van der Waals surface area contributed by atoms with Crippen LogP contribution in [0.1, 0.15) is 5.56 Å². The first-order valence-electron chi connectivity index (χ1n) is 6.32. The smallest absolute Gasteiger partial charge is 0.478 e. The Morgan fingerprint density at radius 2 is 1.83 bits per heavy atom. The first kappa shape index (κ1) is 16.5. The number of carboxylic acid groups (broad SMARTS) is 1. The van der Waals surface area contributed by atoms with Crippen molar-refractivity contribution in [1.29, 1.82) is 0 Å². The van der Waals surface area contributed by atoms with E-state index in [0.717, 1.165) is 30.4 Å². The minimum absolute atomic E-state index is 0.0425. The Morgan fingerprint density at radius 3 is 2.48 bits per heavy atom. The molecular weight excluding hydrogens is 316 g/mol. The summed E-state index contributed by atoms with van der Waals surface area (Å²) < 4.78 is 54.5. The van der Waals surface area contributed by atoms with Crippen molar-refractivity contribution >= 4 is 12.0 Å². The molecule has 7 heteroatoms. The average molecular weight is 326 g/mol. The Morgan fingerprint density at radius 1 is 1.13 bits per heavy atom. The van der Waals surface area contributed by atoms with Crippen LogP contribution in [0.4, 0.5) is 17.6 Å². The highest BCUT2D eigenvalue weighted by Crippen LogP contribution is 2.31. The molecule has 2 rings (SSSR count). The summed E-state index contributed by atoms with van der Waals surface area (Å²) in [6.07, 6.45) is -3.05. The van der Waals surface area contributed by atoms with E-state index in [2.05, 4.69) is 4.74 Å². The molecular formula is C16H10F4O3. The van der Waals surface area contributed by atoms with Gasteiger partial charge < -0.3 is 9.84 Å². The van der Waals surface area contributed by atoms with Gasteiger partial charge in [-0.2, -0.15) is 0 Å². The number of aliphatic carboxylic acids is 1. The topological polar surface area (TPSA) is 46.5 Å². The molecule has 0 atom stereocenters. The van der Waals surface area contributed by atoms with Gasteiger partial charge in [0.1, 0.15) is 11.6 Å². The molecule has 0 amide bonds. The molecule has 120 valence electrons. The molecule has 3 nitrogen and oxygen atoms in total. The van der Waals surface area contributed by atoms with Crippen LogP contribution in [0.15, 0.2) is 48.5 Å². The molecule has 0 saturated heterocycles. The molecule has 0 aliphatic heterocycles. The predicted molar refractivity (Wildman–Crippen MR) is 75.2 cm³/mol. The third kappa shape index (κ3) is 4.57. The standard InChI is InChI=1S/C16H10F4O3/c17-14-6-2-5-12(13(14)7-8-15(21)22)10-3-1-4-11(9-10)23-16(18,19)20/h1-9H,(H,21,22)/b8-7+. The number of carboxylic acids is 1. The summed E-state index contributed by atoms with van der Waals surface area (Å²) in [5.41, 5.74) is 0.463. The highest BCUT2D eigenvalue weighted by molar-refractivity contribution is 5.88. The van der Waals surface area contributed by atoms with Gasteiger partial charge in [-0.3, -0.25) is 0 Å². The van der Waals surface area contributed by atoms with Crippen molar-refractivity contribution < 1.29 is 32.2 Å². The van der Waals surface area contributed by atoms with Gasteiger partial charge in [0.2, 0.25) is 0 Å². The van der Waals surface area contributed by atoms with Gasteiger partial charge in [-0.05, 0) is 35.4 Å². The van der Waals surface area contributed by atoms with E-state index in [4.69, 9.17) is 5.11 Å². The Labute approximate surface area is 128 Å². The molecule has 0 saturated carbocycles. The minimum Gasteiger partial charge on any atom is -0.478 e.